The van der Waals surface area contributed by atoms with E-state index in [0.717, 1.165) is 6.42 Å². The molecule has 0 saturated heterocycles. The van der Waals surface area contributed by atoms with Crippen molar-refractivity contribution in [2.75, 3.05) is 12.5 Å². The average molecular weight is 240 g/mol. The van der Waals surface area contributed by atoms with Crippen LogP contribution in [0.25, 0.3) is 0 Å². The molecule has 3 N–H and O–H groups in total. The Morgan fingerprint density at radius 3 is 2.59 bits per heavy atom. The van der Waals surface area contributed by atoms with Gasteiger partial charge in [-0.1, -0.05) is 13.8 Å². The molecule has 0 aromatic carbocycles. The number of rotatable bonds is 6. The molecule has 1 rings (SSSR count). The van der Waals surface area contributed by atoms with Crippen LogP contribution in [-0.4, -0.2) is 23.2 Å². The van der Waals surface area contributed by atoms with Gasteiger partial charge in [-0.05, 0) is 19.3 Å². The molecule has 1 unspecified atom stereocenters. The van der Waals surface area contributed by atoms with E-state index in [1.54, 1.807) is 0 Å². The van der Waals surface area contributed by atoms with E-state index in [1.807, 2.05) is 6.92 Å². The van der Waals surface area contributed by atoms with E-state index in [4.69, 9.17) is 15.3 Å². The summed E-state index contributed by atoms with van der Waals surface area (Å²) in [6.07, 6.45) is 2.39. The molecule has 0 saturated carbocycles. The second-order valence-electron chi connectivity index (χ2n) is 4.26. The van der Waals surface area contributed by atoms with E-state index in [-0.39, 0.29) is 6.10 Å². The SMILES string of the molecule is COc1c(NN)ncnc1OC(C)CC(C)C. The Morgan fingerprint density at radius 1 is 1.35 bits per heavy atom. The number of hydrogen-bond acceptors (Lipinski definition) is 6. The van der Waals surface area contributed by atoms with Crippen LogP contribution in [0.15, 0.2) is 6.33 Å². The quantitative estimate of drug-likeness (QED) is 0.580. The molecular formula is C11H20N4O2. The minimum absolute atomic E-state index is 0.0597. The van der Waals surface area contributed by atoms with Crippen LogP contribution in [0.2, 0.25) is 0 Å². The van der Waals surface area contributed by atoms with Gasteiger partial charge in [0.2, 0.25) is 5.75 Å². The molecule has 6 heteroatoms. The van der Waals surface area contributed by atoms with Crippen molar-refractivity contribution in [3.8, 4) is 11.6 Å². The van der Waals surface area contributed by atoms with Gasteiger partial charge in [-0.2, -0.15) is 4.98 Å². The lowest BCUT2D eigenvalue weighted by Gasteiger charge is -2.18. The van der Waals surface area contributed by atoms with Crippen LogP contribution in [0.4, 0.5) is 5.82 Å². The molecule has 17 heavy (non-hydrogen) atoms. The van der Waals surface area contributed by atoms with Crippen LogP contribution >= 0.6 is 0 Å². The van der Waals surface area contributed by atoms with Gasteiger partial charge in [-0.15, -0.1) is 0 Å². The zero-order valence-corrected chi connectivity index (χ0v) is 10.7. The maximum atomic E-state index is 5.72. The molecule has 0 aliphatic rings. The van der Waals surface area contributed by atoms with Gasteiger partial charge in [-0.3, -0.25) is 0 Å². The van der Waals surface area contributed by atoms with Gasteiger partial charge >= 0.3 is 0 Å². The Hall–Kier alpha value is -1.56. The van der Waals surface area contributed by atoms with Crippen LogP contribution in [0.5, 0.6) is 11.6 Å². The first kappa shape index (κ1) is 13.5. The van der Waals surface area contributed by atoms with Gasteiger partial charge in [0.1, 0.15) is 6.33 Å². The van der Waals surface area contributed by atoms with E-state index >= 15 is 0 Å². The van der Waals surface area contributed by atoms with Crippen molar-refractivity contribution >= 4 is 5.82 Å². The molecule has 1 heterocycles. The van der Waals surface area contributed by atoms with E-state index < -0.39 is 0 Å². The van der Waals surface area contributed by atoms with Gasteiger partial charge in [0, 0.05) is 0 Å². The lowest BCUT2D eigenvalue weighted by Crippen LogP contribution is -2.17. The smallest absolute Gasteiger partial charge is 0.262 e. The number of nitrogens with zero attached hydrogens (tertiary/aromatic N) is 2. The summed E-state index contributed by atoms with van der Waals surface area (Å²) in [7, 11) is 1.53. The Balaban J connectivity index is 2.83. The number of nitrogens with two attached hydrogens (primary N) is 1. The Bertz CT molecular complexity index is 357. The third kappa shape index (κ3) is 3.74. The summed E-state index contributed by atoms with van der Waals surface area (Å²) in [6.45, 7) is 6.28. The zero-order chi connectivity index (χ0) is 12.8. The fourth-order valence-electron chi connectivity index (χ4n) is 1.63. The number of anilines is 1. The first-order valence-electron chi connectivity index (χ1n) is 5.60. The number of hydrazine groups is 1. The molecule has 0 spiro atoms. The fraction of sp³-hybridized carbons (Fsp3) is 0.636. The highest BCUT2D eigenvalue weighted by atomic mass is 16.5. The van der Waals surface area contributed by atoms with Crippen molar-refractivity contribution in [2.45, 2.75) is 33.3 Å². The third-order valence-electron chi connectivity index (χ3n) is 2.23. The molecule has 0 fully saturated rings. The van der Waals surface area contributed by atoms with Gasteiger partial charge in [0.05, 0.1) is 13.2 Å². The lowest BCUT2D eigenvalue weighted by molar-refractivity contribution is 0.177. The normalized spacial score (nSPS) is 12.4. The predicted octanol–water partition coefficient (Wildman–Crippen LogP) is 1.58. The molecule has 0 aliphatic carbocycles. The van der Waals surface area contributed by atoms with Crippen molar-refractivity contribution in [3.63, 3.8) is 0 Å². The van der Waals surface area contributed by atoms with E-state index in [1.165, 1.54) is 13.4 Å². The summed E-state index contributed by atoms with van der Waals surface area (Å²) >= 11 is 0. The van der Waals surface area contributed by atoms with Crippen LogP contribution in [0.3, 0.4) is 0 Å². The summed E-state index contributed by atoms with van der Waals surface area (Å²) in [5.41, 5.74) is 2.44. The second-order valence-corrected chi connectivity index (χ2v) is 4.26. The number of methoxy groups -OCH3 is 1. The van der Waals surface area contributed by atoms with Crippen LogP contribution < -0.4 is 20.7 Å². The highest BCUT2D eigenvalue weighted by Crippen LogP contribution is 2.31. The zero-order valence-electron chi connectivity index (χ0n) is 10.7. The summed E-state index contributed by atoms with van der Waals surface area (Å²) in [5, 5.41) is 0. The predicted molar refractivity (Wildman–Crippen MR) is 65.9 cm³/mol. The molecule has 0 bridgehead atoms. The molecule has 0 amide bonds. The van der Waals surface area contributed by atoms with E-state index in [2.05, 4.69) is 29.2 Å². The van der Waals surface area contributed by atoms with Crippen LogP contribution in [0.1, 0.15) is 27.2 Å². The molecule has 1 aromatic heterocycles. The Labute approximate surface area is 102 Å². The Kier molecular flexibility index (Phi) is 4.96. The van der Waals surface area contributed by atoms with Crippen molar-refractivity contribution in [1.82, 2.24) is 9.97 Å². The van der Waals surface area contributed by atoms with Gasteiger partial charge in [0.15, 0.2) is 5.82 Å². The minimum Gasteiger partial charge on any atom is -0.489 e. The van der Waals surface area contributed by atoms with Crippen molar-refractivity contribution < 1.29 is 9.47 Å². The lowest BCUT2D eigenvalue weighted by atomic mass is 10.1. The Morgan fingerprint density at radius 2 is 2.06 bits per heavy atom. The highest BCUT2D eigenvalue weighted by Gasteiger charge is 2.15. The number of ether oxygens (including phenoxy) is 2. The van der Waals surface area contributed by atoms with Gasteiger partial charge in [0.25, 0.3) is 5.88 Å². The summed E-state index contributed by atoms with van der Waals surface area (Å²) < 4.78 is 10.9. The minimum atomic E-state index is 0.0597. The largest absolute Gasteiger partial charge is 0.489 e. The number of nitrogens with one attached hydrogen (secondary N) is 1. The average Bonchev–Trinajstić information content (AvgIpc) is 2.27. The van der Waals surface area contributed by atoms with Crippen LogP contribution in [0, 0.1) is 5.92 Å². The van der Waals surface area contributed by atoms with Gasteiger partial charge in [-0.25, -0.2) is 10.8 Å². The number of aromatic nitrogens is 2. The highest BCUT2D eigenvalue weighted by molar-refractivity contribution is 5.54. The molecule has 0 radical (unpaired) electrons. The molecule has 0 aliphatic heterocycles. The summed E-state index contributed by atoms with van der Waals surface area (Å²) in [5.74, 6) is 7.13. The summed E-state index contributed by atoms with van der Waals surface area (Å²) in [4.78, 5) is 8.00. The molecule has 1 aromatic rings. The van der Waals surface area contributed by atoms with Crippen molar-refractivity contribution in [1.29, 1.82) is 0 Å². The van der Waals surface area contributed by atoms with Crippen molar-refractivity contribution in [3.05, 3.63) is 6.33 Å². The molecular weight excluding hydrogens is 220 g/mol. The topological polar surface area (TPSA) is 82.3 Å². The van der Waals surface area contributed by atoms with E-state index in [9.17, 15) is 0 Å². The maximum absolute atomic E-state index is 5.72. The van der Waals surface area contributed by atoms with E-state index in [0.29, 0.717) is 23.4 Å². The number of hydrogen-bond donors (Lipinski definition) is 2. The number of nitrogen functional groups attached to an aromatic ring is 1. The fourth-order valence-corrected chi connectivity index (χ4v) is 1.63. The third-order valence-corrected chi connectivity index (χ3v) is 2.23. The summed E-state index contributed by atoms with van der Waals surface area (Å²) in [6, 6.07) is 0. The second kappa shape index (κ2) is 6.24. The monoisotopic (exact) mass is 240 g/mol. The molecule has 6 nitrogen and oxygen atoms in total. The molecule has 96 valence electrons. The first-order chi connectivity index (χ1) is 8.08. The molecule has 1 atom stereocenters. The maximum Gasteiger partial charge on any atom is 0.262 e. The van der Waals surface area contributed by atoms with Crippen molar-refractivity contribution in [2.24, 2.45) is 11.8 Å². The van der Waals surface area contributed by atoms with Gasteiger partial charge < -0.3 is 14.9 Å². The standard InChI is InChI=1S/C11H20N4O2/c1-7(2)5-8(3)17-11-9(16-4)10(15-12)13-6-14-11/h6-8H,5,12H2,1-4H3,(H,13,14,15). The first-order valence-corrected chi connectivity index (χ1v) is 5.60. The van der Waals surface area contributed by atoms with Crippen LogP contribution in [-0.2, 0) is 0 Å².